The molecule has 1 heterocycles. The molecule has 0 fully saturated rings. The van der Waals surface area contributed by atoms with Crippen LogP contribution in [-0.4, -0.2) is 22.3 Å². The van der Waals surface area contributed by atoms with Crippen molar-refractivity contribution in [3.05, 3.63) is 60.2 Å². The SMILES string of the molecule is CCc1ccc(OC(C)C(=O)Nc2nonc2-c2ccccc2)cc1. The molecule has 6 nitrogen and oxygen atoms in total. The number of nitrogens with zero attached hydrogens (tertiary/aromatic N) is 2. The van der Waals surface area contributed by atoms with E-state index in [1.54, 1.807) is 6.92 Å². The highest BCUT2D eigenvalue weighted by atomic mass is 16.6. The van der Waals surface area contributed by atoms with Crippen LogP contribution in [0.15, 0.2) is 59.2 Å². The van der Waals surface area contributed by atoms with E-state index in [2.05, 4.69) is 22.6 Å². The summed E-state index contributed by atoms with van der Waals surface area (Å²) in [6.45, 7) is 3.76. The van der Waals surface area contributed by atoms with Gasteiger partial charge in [0, 0.05) is 5.56 Å². The Hall–Kier alpha value is -3.15. The molecule has 3 rings (SSSR count). The minimum absolute atomic E-state index is 0.271. The lowest BCUT2D eigenvalue weighted by Gasteiger charge is -2.14. The van der Waals surface area contributed by atoms with Gasteiger partial charge in [-0.3, -0.25) is 4.79 Å². The molecule has 0 aliphatic carbocycles. The predicted octanol–water partition coefficient (Wildman–Crippen LogP) is 3.71. The zero-order valence-electron chi connectivity index (χ0n) is 14.1. The minimum Gasteiger partial charge on any atom is -0.481 e. The molecule has 0 bridgehead atoms. The first-order valence-electron chi connectivity index (χ1n) is 8.12. The molecule has 25 heavy (non-hydrogen) atoms. The Balaban J connectivity index is 1.67. The molecule has 0 saturated heterocycles. The lowest BCUT2D eigenvalue weighted by atomic mass is 10.1. The van der Waals surface area contributed by atoms with Crippen LogP contribution in [-0.2, 0) is 11.2 Å². The molecule has 0 aliphatic rings. The van der Waals surface area contributed by atoms with Gasteiger partial charge < -0.3 is 10.1 Å². The van der Waals surface area contributed by atoms with Crippen molar-refractivity contribution in [1.82, 2.24) is 10.3 Å². The van der Waals surface area contributed by atoms with Crippen molar-refractivity contribution in [2.24, 2.45) is 0 Å². The molecule has 1 aromatic heterocycles. The van der Waals surface area contributed by atoms with Crippen LogP contribution in [0.4, 0.5) is 5.82 Å². The zero-order chi connectivity index (χ0) is 17.6. The summed E-state index contributed by atoms with van der Waals surface area (Å²) in [6.07, 6.45) is 0.269. The van der Waals surface area contributed by atoms with E-state index in [4.69, 9.17) is 9.37 Å². The van der Waals surface area contributed by atoms with Gasteiger partial charge in [0.2, 0.25) is 5.82 Å². The number of nitrogens with one attached hydrogen (secondary N) is 1. The molecule has 3 aromatic rings. The largest absolute Gasteiger partial charge is 0.481 e. The molecule has 0 radical (unpaired) electrons. The molecule has 1 atom stereocenters. The number of carbonyl (C=O) groups is 1. The van der Waals surface area contributed by atoms with Crippen molar-refractivity contribution in [3.63, 3.8) is 0 Å². The van der Waals surface area contributed by atoms with Gasteiger partial charge >= 0.3 is 0 Å². The number of hydrogen-bond acceptors (Lipinski definition) is 5. The van der Waals surface area contributed by atoms with Crippen LogP contribution in [0.25, 0.3) is 11.3 Å². The molecular formula is C19H19N3O3. The Labute approximate surface area is 145 Å². The van der Waals surface area contributed by atoms with Gasteiger partial charge in [0.05, 0.1) is 0 Å². The van der Waals surface area contributed by atoms with Crippen molar-refractivity contribution >= 4 is 11.7 Å². The number of hydrogen-bond donors (Lipinski definition) is 1. The first-order chi connectivity index (χ1) is 12.2. The van der Waals surface area contributed by atoms with E-state index in [0.717, 1.165) is 12.0 Å². The van der Waals surface area contributed by atoms with Crippen molar-refractivity contribution in [2.75, 3.05) is 5.32 Å². The molecule has 1 N–H and O–H groups in total. The van der Waals surface area contributed by atoms with Crippen molar-refractivity contribution in [1.29, 1.82) is 0 Å². The quantitative estimate of drug-likeness (QED) is 0.742. The number of ether oxygens (including phenoxy) is 1. The van der Waals surface area contributed by atoms with E-state index < -0.39 is 6.10 Å². The van der Waals surface area contributed by atoms with Crippen molar-refractivity contribution in [3.8, 4) is 17.0 Å². The normalized spacial score (nSPS) is 11.8. The highest BCUT2D eigenvalue weighted by molar-refractivity contribution is 5.95. The standard InChI is InChI=1S/C19H19N3O3/c1-3-14-9-11-16(12-10-14)24-13(2)19(23)20-18-17(21-25-22-18)15-7-5-4-6-8-15/h4-13H,3H2,1-2H3,(H,20,22,23). The molecule has 0 spiro atoms. The van der Waals surface area contributed by atoms with Crippen molar-refractivity contribution in [2.45, 2.75) is 26.4 Å². The zero-order valence-corrected chi connectivity index (χ0v) is 14.1. The van der Waals surface area contributed by atoms with Crippen LogP contribution in [0.5, 0.6) is 5.75 Å². The minimum atomic E-state index is -0.687. The Morgan fingerprint density at radius 3 is 2.52 bits per heavy atom. The topological polar surface area (TPSA) is 77.2 Å². The third-order valence-electron chi connectivity index (χ3n) is 3.79. The fraction of sp³-hybridized carbons (Fsp3) is 0.211. The Morgan fingerprint density at radius 1 is 1.12 bits per heavy atom. The molecule has 0 aliphatic heterocycles. The van der Waals surface area contributed by atoms with Crippen LogP contribution in [0.3, 0.4) is 0 Å². The molecule has 128 valence electrons. The van der Waals surface area contributed by atoms with Gasteiger partial charge in [-0.1, -0.05) is 49.4 Å². The Kier molecular flexibility index (Phi) is 5.09. The summed E-state index contributed by atoms with van der Waals surface area (Å²) < 4.78 is 10.4. The first kappa shape index (κ1) is 16.7. The van der Waals surface area contributed by atoms with Gasteiger partial charge in [0.15, 0.2) is 11.8 Å². The highest BCUT2D eigenvalue weighted by Gasteiger charge is 2.20. The monoisotopic (exact) mass is 337 g/mol. The molecule has 1 amide bonds. The number of aromatic nitrogens is 2. The third kappa shape index (κ3) is 4.03. The average molecular weight is 337 g/mol. The third-order valence-corrected chi connectivity index (χ3v) is 3.79. The van der Waals surface area contributed by atoms with Crippen molar-refractivity contribution < 1.29 is 14.2 Å². The predicted molar refractivity (Wildman–Crippen MR) is 94.3 cm³/mol. The second kappa shape index (κ2) is 7.61. The molecule has 0 saturated carbocycles. The number of rotatable bonds is 6. The van der Waals surface area contributed by atoms with Gasteiger partial charge in [-0.25, -0.2) is 4.63 Å². The van der Waals surface area contributed by atoms with Gasteiger partial charge in [0.1, 0.15) is 5.75 Å². The summed E-state index contributed by atoms with van der Waals surface area (Å²) in [5.41, 5.74) is 2.50. The second-order valence-corrected chi connectivity index (χ2v) is 5.57. The smallest absolute Gasteiger partial charge is 0.266 e. The van der Waals surface area contributed by atoms with E-state index in [0.29, 0.717) is 11.4 Å². The summed E-state index contributed by atoms with van der Waals surface area (Å²) in [4.78, 5) is 12.4. The maximum Gasteiger partial charge on any atom is 0.266 e. The van der Waals surface area contributed by atoms with Gasteiger partial charge in [-0.2, -0.15) is 0 Å². The lowest BCUT2D eigenvalue weighted by Crippen LogP contribution is -2.30. The van der Waals surface area contributed by atoms with E-state index in [-0.39, 0.29) is 11.7 Å². The Morgan fingerprint density at radius 2 is 1.84 bits per heavy atom. The summed E-state index contributed by atoms with van der Waals surface area (Å²) >= 11 is 0. The second-order valence-electron chi connectivity index (χ2n) is 5.57. The van der Waals surface area contributed by atoms with Gasteiger partial charge in [-0.05, 0) is 41.4 Å². The summed E-state index contributed by atoms with van der Waals surface area (Å²) in [7, 11) is 0. The molecular weight excluding hydrogens is 318 g/mol. The van der Waals surface area contributed by atoms with E-state index in [1.807, 2.05) is 54.6 Å². The average Bonchev–Trinajstić information content (AvgIpc) is 3.11. The summed E-state index contributed by atoms with van der Waals surface area (Å²) in [6, 6.07) is 17.1. The Bertz CT molecular complexity index is 829. The van der Waals surface area contributed by atoms with E-state index in [1.165, 1.54) is 5.56 Å². The highest BCUT2D eigenvalue weighted by Crippen LogP contribution is 2.24. The summed E-state index contributed by atoms with van der Waals surface area (Å²) in [5.74, 6) is 0.585. The fourth-order valence-corrected chi connectivity index (χ4v) is 2.34. The fourth-order valence-electron chi connectivity index (χ4n) is 2.34. The maximum absolute atomic E-state index is 12.4. The van der Waals surface area contributed by atoms with Gasteiger partial charge in [0.25, 0.3) is 5.91 Å². The van der Waals surface area contributed by atoms with Crippen LogP contribution in [0.1, 0.15) is 19.4 Å². The molecule has 6 heteroatoms. The van der Waals surface area contributed by atoms with Crippen LogP contribution >= 0.6 is 0 Å². The van der Waals surface area contributed by atoms with E-state index >= 15 is 0 Å². The van der Waals surface area contributed by atoms with Gasteiger partial charge in [-0.15, -0.1) is 0 Å². The summed E-state index contributed by atoms with van der Waals surface area (Å²) in [5, 5.41) is 10.3. The van der Waals surface area contributed by atoms with Crippen LogP contribution in [0, 0.1) is 0 Å². The maximum atomic E-state index is 12.4. The van der Waals surface area contributed by atoms with Crippen LogP contribution < -0.4 is 10.1 Å². The number of aryl methyl sites for hydroxylation is 1. The lowest BCUT2D eigenvalue weighted by molar-refractivity contribution is -0.122. The number of amides is 1. The first-order valence-corrected chi connectivity index (χ1v) is 8.12. The molecule has 2 aromatic carbocycles. The van der Waals surface area contributed by atoms with Crippen LogP contribution in [0.2, 0.25) is 0 Å². The number of benzene rings is 2. The van der Waals surface area contributed by atoms with E-state index in [9.17, 15) is 4.79 Å². The number of anilines is 1. The number of carbonyl (C=O) groups excluding carboxylic acids is 1. The molecule has 1 unspecified atom stereocenters.